The number of hydrogen-bond donors (Lipinski definition) is 1. The molecular weight excluding hydrogens is 364 g/mol. The largest absolute Gasteiger partial charge is 0.381 e. The molecule has 0 unspecified atom stereocenters. The van der Waals surface area contributed by atoms with Gasteiger partial charge in [-0.15, -0.1) is 0 Å². The molecule has 5 nitrogen and oxygen atoms in total. The number of likely N-dealkylation sites (N-methyl/N-ethyl adjacent to an activating group) is 1. The van der Waals surface area contributed by atoms with E-state index in [4.69, 9.17) is 4.74 Å². The highest BCUT2D eigenvalue weighted by Crippen LogP contribution is 2.21. The Kier molecular flexibility index (Phi) is 8.87. The molecule has 0 saturated heterocycles. The Morgan fingerprint density at radius 3 is 2.31 bits per heavy atom. The van der Waals surface area contributed by atoms with Crippen LogP contribution in [0.25, 0.3) is 0 Å². The van der Waals surface area contributed by atoms with Gasteiger partial charge < -0.3 is 15.0 Å². The summed E-state index contributed by atoms with van der Waals surface area (Å²) in [5.41, 5.74) is 5.29. The lowest BCUT2D eigenvalue weighted by Crippen LogP contribution is -2.35. The number of aryl methyl sites for hydroxylation is 3. The van der Waals surface area contributed by atoms with Crippen LogP contribution in [0, 0.1) is 20.8 Å². The van der Waals surface area contributed by atoms with Gasteiger partial charge in [0.15, 0.2) is 0 Å². The van der Waals surface area contributed by atoms with Crippen LogP contribution in [-0.2, 0) is 20.7 Å². The van der Waals surface area contributed by atoms with Gasteiger partial charge in [-0.1, -0.05) is 48.0 Å². The quantitative estimate of drug-likeness (QED) is 0.617. The second kappa shape index (κ2) is 11.4. The first-order valence-corrected chi connectivity index (χ1v) is 10.1. The summed E-state index contributed by atoms with van der Waals surface area (Å²) >= 11 is 0. The first kappa shape index (κ1) is 22.6. The van der Waals surface area contributed by atoms with Crippen LogP contribution < -0.4 is 5.32 Å². The van der Waals surface area contributed by atoms with Crippen LogP contribution in [0.15, 0.2) is 42.5 Å². The van der Waals surface area contributed by atoms with E-state index in [1.165, 1.54) is 10.5 Å². The SMILES string of the molecule is Cc1cc(C)c(NC(=O)CN(C)C(=O)CCCOCCc2ccccc2)c(C)c1. The predicted octanol–water partition coefficient (Wildman–Crippen LogP) is 4.05. The van der Waals surface area contributed by atoms with E-state index in [-0.39, 0.29) is 18.4 Å². The van der Waals surface area contributed by atoms with Crippen LogP contribution in [0.5, 0.6) is 0 Å². The summed E-state index contributed by atoms with van der Waals surface area (Å²) in [6.07, 6.45) is 1.89. The number of rotatable bonds is 10. The second-order valence-electron chi connectivity index (χ2n) is 7.52. The molecule has 0 aliphatic heterocycles. The number of benzene rings is 2. The molecule has 2 rings (SSSR count). The molecule has 0 aromatic heterocycles. The molecule has 29 heavy (non-hydrogen) atoms. The van der Waals surface area contributed by atoms with Crippen molar-refractivity contribution in [2.45, 2.75) is 40.0 Å². The standard InChI is InChI=1S/C24H32N2O3/c1-18-15-19(2)24(20(3)16-18)25-22(27)17-26(4)23(28)11-8-13-29-14-12-21-9-6-5-7-10-21/h5-7,9-10,15-16H,8,11-14,17H2,1-4H3,(H,25,27). The Morgan fingerprint density at radius 2 is 1.66 bits per heavy atom. The number of nitrogens with zero attached hydrogens (tertiary/aromatic N) is 1. The molecule has 5 heteroatoms. The summed E-state index contributed by atoms with van der Waals surface area (Å²) in [5.74, 6) is -0.237. The number of hydrogen-bond acceptors (Lipinski definition) is 3. The predicted molar refractivity (Wildman–Crippen MR) is 117 cm³/mol. The summed E-state index contributed by atoms with van der Waals surface area (Å²) < 4.78 is 5.61. The summed E-state index contributed by atoms with van der Waals surface area (Å²) in [5, 5.41) is 2.93. The lowest BCUT2D eigenvalue weighted by molar-refractivity contribution is -0.133. The van der Waals surface area contributed by atoms with E-state index >= 15 is 0 Å². The number of nitrogens with one attached hydrogen (secondary N) is 1. The van der Waals surface area contributed by atoms with E-state index in [0.717, 1.165) is 28.8 Å². The van der Waals surface area contributed by atoms with Gasteiger partial charge in [0.2, 0.25) is 11.8 Å². The van der Waals surface area contributed by atoms with E-state index < -0.39 is 0 Å². The summed E-state index contributed by atoms with van der Waals surface area (Å²) in [4.78, 5) is 26.1. The van der Waals surface area contributed by atoms with Gasteiger partial charge in [-0.05, 0) is 50.3 Å². The van der Waals surface area contributed by atoms with Gasteiger partial charge in [0.25, 0.3) is 0 Å². The fourth-order valence-electron chi connectivity index (χ4n) is 3.31. The number of carbonyl (C=O) groups is 2. The molecule has 0 bridgehead atoms. The minimum absolute atomic E-state index is 0.0421. The lowest BCUT2D eigenvalue weighted by atomic mass is 10.1. The van der Waals surface area contributed by atoms with Crippen molar-refractivity contribution >= 4 is 17.5 Å². The molecule has 156 valence electrons. The average molecular weight is 397 g/mol. The Hall–Kier alpha value is -2.66. The summed E-state index contributed by atoms with van der Waals surface area (Å²) in [6.45, 7) is 7.21. The molecule has 0 aliphatic carbocycles. The normalized spacial score (nSPS) is 10.6. The van der Waals surface area contributed by atoms with Crippen LogP contribution in [0.3, 0.4) is 0 Å². The molecule has 1 N–H and O–H groups in total. The molecule has 0 atom stereocenters. The van der Waals surface area contributed by atoms with Crippen LogP contribution in [0.1, 0.15) is 35.1 Å². The van der Waals surface area contributed by atoms with Crippen molar-refractivity contribution in [3.8, 4) is 0 Å². The fourth-order valence-corrected chi connectivity index (χ4v) is 3.31. The average Bonchev–Trinajstić information content (AvgIpc) is 2.68. The van der Waals surface area contributed by atoms with Crippen molar-refractivity contribution in [3.05, 3.63) is 64.7 Å². The van der Waals surface area contributed by atoms with E-state index in [2.05, 4.69) is 17.4 Å². The molecule has 2 amide bonds. The Bertz CT molecular complexity index is 795. The van der Waals surface area contributed by atoms with Crippen molar-refractivity contribution < 1.29 is 14.3 Å². The maximum atomic E-state index is 12.3. The fraction of sp³-hybridized carbons (Fsp3) is 0.417. The first-order chi connectivity index (χ1) is 13.9. The Balaban J connectivity index is 1.66. The third-order valence-corrected chi connectivity index (χ3v) is 4.81. The third kappa shape index (κ3) is 7.70. The van der Waals surface area contributed by atoms with Crippen LogP contribution in [0.4, 0.5) is 5.69 Å². The van der Waals surface area contributed by atoms with Gasteiger partial charge in [0.1, 0.15) is 0 Å². The smallest absolute Gasteiger partial charge is 0.243 e. The molecule has 0 spiro atoms. The minimum atomic E-state index is -0.185. The zero-order valence-electron chi connectivity index (χ0n) is 18.0. The number of ether oxygens (including phenoxy) is 1. The highest BCUT2D eigenvalue weighted by atomic mass is 16.5. The number of anilines is 1. The van der Waals surface area contributed by atoms with Gasteiger partial charge in [-0.2, -0.15) is 0 Å². The number of carbonyl (C=O) groups excluding carboxylic acids is 2. The maximum absolute atomic E-state index is 12.3. The van der Waals surface area contributed by atoms with Crippen LogP contribution in [0.2, 0.25) is 0 Å². The summed E-state index contributed by atoms with van der Waals surface area (Å²) in [6, 6.07) is 14.3. The van der Waals surface area contributed by atoms with Crippen molar-refractivity contribution in [1.82, 2.24) is 4.90 Å². The van der Waals surface area contributed by atoms with Crippen LogP contribution >= 0.6 is 0 Å². The zero-order valence-corrected chi connectivity index (χ0v) is 18.0. The number of amides is 2. The first-order valence-electron chi connectivity index (χ1n) is 10.1. The molecule has 0 radical (unpaired) electrons. The second-order valence-corrected chi connectivity index (χ2v) is 7.52. The van der Waals surface area contributed by atoms with E-state index in [0.29, 0.717) is 26.1 Å². The van der Waals surface area contributed by atoms with E-state index in [1.54, 1.807) is 7.05 Å². The minimum Gasteiger partial charge on any atom is -0.381 e. The Morgan fingerprint density at radius 1 is 1.00 bits per heavy atom. The maximum Gasteiger partial charge on any atom is 0.243 e. The highest BCUT2D eigenvalue weighted by molar-refractivity contribution is 5.95. The van der Waals surface area contributed by atoms with Gasteiger partial charge in [0, 0.05) is 25.8 Å². The molecule has 2 aromatic rings. The van der Waals surface area contributed by atoms with Crippen molar-refractivity contribution in [2.75, 3.05) is 32.1 Å². The van der Waals surface area contributed by atoms with Crippen molar-refractivity contribution in [2.24, 2.45) is 0 Å². The van der Waals surface area contributed by atoms with Crippen molar-refractivity contribution in [3.63, 3.8) is 0 Å². The van der Waals surface area contributed by atoms with Gasteiger partial charge >= 0.3 is 0 Å². The topological polar surface area (TPSA) is 58.6 Å². The molecule has 0 saturated carbocycles. The zero-order chi connectivity index (χ0) is 21.2. The Labute approximate surface area is 174 Å². The monoisotopic (exact) mass is 396 g/mol. The van der Waals surface area contributed by atoms with Gasteiger partial charge in [-0.3, -0.25) is 9.59 Å². The molecule has 2 aromatic carbocycles. The van der Waals surface area contributed by atoms with Gasteiger partial charge in [0.05, 0.1) is 13.2 Å². The molecule has 0 aliphatic rings. The van der Waals surface area contributed by atoms with Crippen molar-refractivity contribution in [1.29, 1.82) is 0 Å². The molecular formula is C24H32N2O3. The third-order valence-electron chi connectivity index (χ3n) is 4.81. The molecule has 0 heterocycles. The van der Waals surface area contributed by atoms with Gasteiger partial charge in [-0.25, -0.2) is 0 Å². The van der Waals surface area contributed by atoms with E-state index in [1.807, 2.05) is 51.1 Å². The van der Waals surface area contributed by atoms with E-state index in [9.17, 15) is 9.59 Å². The summed E-state index contributed by atoms with van der Waals surface area (Å²) in [7, 11) is 1.66. The lowest BCUT2D eigenvalue weighted by Gasteiger charge is -2.18. The highest BCUT2D eigenvalue weighted by Gasteiger charge is 2.14. The van der Waals surface area contributed by atoms with Crippen LogP contribution in [-0.4, -0.2) is 43.5 Å². The molecule has 0 fully saturated rings.